The number of fused-ring (bicyclic) bond motifs is 1. The average molecular weight is 738 g/mol. The third-order valence-electron chi connectivity index (χ3n) is 10.5. The van der Waals surface area contributed by atoms with Crippen molar-refractivity contribution in [3.8, 4) is 22.4 Å². The van der Waals surface area contributed by atoms with Crippen LogP contribution in [0.2, 0.25) is 0 Å². The number of aromatic nitrogens is 4. The zero-order valence-corrected chi connectivity index (χ0v) is 31.4. The molecule has 1 amide bonds. The first-order valence-corrected chi connectivity index (χ1v) is 18.6. The van der Waals surface area contributed by atoms with Crippen LogP contribution in [0, 0.1) is 5.82 Å². The van der Waals surface area contributed by atoms with Gasteiger partial charge in [-0.1, -0.05) is 128 Å². The normalized spacial score (nSPS) is 11.8. The molecule has 3 heterocycles. The molecule has 276 valence electrons. The van der Waals surface area contributed by atoms with Gasteiger partial charge in [-0.15, -0.1) is 0 Å². The minimum atomic E-state index is -1.26. The second kappa shape index (κ2) is 14.7. The van der Waals surface area contributed by atoms with E-state index < -0.39 is 22.8 Å². The molecule has 0 unspecified atom stereocenters. The summed E-state index contributed by atoms with van der Waals surface area (Å²) in [6.45, 7) is 5.29. The Hall–Kier alpha value is -6.93. The van der Waals surface area contributed by atoms with Crippen molar-refractivity contribution >= 4 is 17.3 Å². The van der Waals surface area contributed by atoms with Gasteiger partial charge in [-0.3, -0.25) is 18.7 Å². The van der Waals surface area contributed by atoms with E-state index in [1.165, 1.54) is 12.1 Å². The molecular formula is C48H40FN5O2. The van der Waals surface area contributed by atoms with E-state index >= 15 is 4.39 Å². The molecule has 0 aliphatic heterocycles. The van der Waals surface area contributed by atoms with Gasteiger partial charge in [0.15, 0.2) is 5.78 Å². The van der Waals surface area contributed by atoms with Gasteiger partial charge in [-0.25, -0.2) is 9.37 Å². The van der Waals surface area contributed by atoms with Crippen molar-refractivity contribution in [1.82, 2.24) is 24.5 Å². The summed E-state index contributed by atoms with van der Waals surface area (Å²) in [7, 11) is 0. The maximum Gasteiger partial charge on any atom is 0.255 e. The summed E-state index contributed by atoms with van der Waals surface area (Å²) in [5.41, 5.74) is 6.25. The van der Waals surface area contributed by atoms with E-state index in [4.69, 9.17) is 5.10 Å². The predicted molar refractivity (Wildman–Crippen MR) is 218 cm³/mol. The number of halogens is 1. The summed E-state index contributed by atoms with van der Waals surface area (Å²) < 4.78 is 19.7. The highest BCUT2D eigenvalue weighted by Gasteiger charge is 2.39. The first-order chi connectivity index (χ1) is 27.2. The van der Waals surface area contributed by atoms with E-state index in [1.54, 1.807) is 38.2 Å². The van der Waals surface area contributed by atoms with Gasteiger partial charge in [0.1, 0.15) is 17.0 Å². The number of hydrogen-bond acceptors (Lipinski definition) is 4. The SMILES string of the molecule is CCc1ccc(C(=O)C(C)(C)NC(=O)c2ccc(-c3cnc4ccc(-c5cnn(C(c6ccccc6)(c6ccccc6)c6ccccc6)c5)cn34)cc2F)cc1. The third-order valence-corrected chi connectivity index (χ3v) is 10.5. The Morgan fingerprint density at radius 3 is 1.84 bits per heavy atom. The Morgan fingerprint density at radius 1 is 0.679 bits per heavy atom. The monoisotopic (exact) mass is 737 g/mol. The first-order valence-electron chi connectivity index (χ1n) is 18.6. The fraction of sp³-hybridized carbons (Fsp3) is 0.125. The average Bonchev–Trinajstić information content (AvgIpc) is 3.90. The summed E-state index contributed by atoms with van der Waals surface area (Å²) in [6.07, 6.45) is 8.43. The number of Topliss-reactive ketones (excluding diaryl/α,β-unsaturated/α-hetero) is 1. The topological polar surface area (TPSA) is 81.3 Å². The van der Waals surface area contributed by atoms with Gasteiger partial charge < -0.3 is 5.32 Å². The van der Waals surface area contributed by atoms with Crippen LogP contribution in [-0.4, -0.2) is 36.4 Å². The molecule has 0 atom stereocenters. The highest BCUT2D eigenvalue weighted by Crippen LogP contribution is 2.41. The number of nitrogens with zero attached hydrogens (tertiary/aromatic N) is 4. The molecule has 0 spiro atoms. The number of carbonyl (C=O) groups is 2. The molecule has 8 aromatic rings. The Bertz CT molecular complexity index is 2570. The van der Waals surface area contributed by atoms with E-state index in [-0.39, 0.29) is 11.3 Å². The Labute approximate surface area is 325 Å². The van der Waals surface area contributed by atoms with Crippen LogP contribution >= 0.6 is 0 Å². The standard InChI is InChI=1S/C48H40FN5O2/c1-4-33-20-22-34(23-21-33)45(55)47(2,3)52-46(56)41-26-24-35(28-42(41)49)43-30-50-44-27-25-36(31-53(43)44)37-29-51-54(32-37)48(38-14-8-5-9-15-38,39-16-10-6-11-17-39)40-18-12-7-13-19-40/h5-32H,4H2,1-3H3,(H,52,56). The number of benzene rings is 5. The molecule has 1 N–H and O–H groups in total. The van der Waals surface area contributed by atoms with E-state index in [1.807, 2.05) is 107 Å². The van der Waals surface area contributed by atoms with Gasteiger partial charge in [0.25, 0.3) is 5.91 Å². The van der Waals surface area contributed by atoms with Crippen LogP contribution in [0.25, 0.3) is 28.0 Å². The van der Waals surface area contributed by atoms with Crippen molar-refractivity contribution in [3.63, 3.8) is 0 Å². The summed E-state index contributed by atoms with van der Waals surface area (Å²) >= 11 is 0. The molecule has 0 bridgehead atoms. The number of hydrogen-bond donors (Lipinski definition) is 1. The Morgan fingerprint density at radius 2 is 1.27 bits per heavy atom. The molecule has 5 aromatic carbocycles. The number of nitrogens with one attached hydrogen (secondary N) is 1. The van der Waals surface area contributed by atoms with Gasteiger partial charge in [-0.05, 0) is 66.8 Å². The lowest BCUT2D eigenvalue weighted by Gasteiger charge is -2.36. The second-order valence-electron chi connectivity index (χ2n) is 14.4. The maximum absolute atomic E-state index is 15.8. The summed E-state index contributed by atoms with van der Waals surface area (Å²) in [5, 5.41) is 7.76. The molecular weight excluding hydrogens is 698 g/mol. The van der Waals surface area contributed by atoms with Gasteiger partial charge in [0.05, 0.1) is 29.2 Å². The summed E-state index contributed by atoms with van der Waals surface area (Å²) in [6, 6.07) is 46.8. The van der Waals surface area contributed by atoms with E-state index in [2.05, 4.69) is 52.9 Å². The van der Waals surface area contributed by atoms with E-state index in [0.717, 1.165) is 39.8 Å². The number of rotatable bonds is 11. The van der Waals surface area contributed by atoms with Crippen molar-refractivity contribution in [2.45, 2.75) is 38.3 Å². The predicted octanol–water partition coefficient (Wildman–Crippen LogP) is 9.80. The second-order valence-corrected chi connectivity index (χ2v) is 14.4. The Balaban J connectivity index is 1.11. The van der Waals surface area contributed by atoms with Crippen LogP contribution in [0.5, 0.6) is 0 Å². The molecule has 0 aliphatic carbocycles. The molecule has 3 aromatic heterocycles. The third kappa shape index (κ3) is 6.49. The molecule has 0 fully saturated rings. The van der Waals surface area contributed by atoms with Crippen molar-refractivity contribution in [3.05, 3.63) is 210 Å². The minimum Gasteiger partial charge on any atom is -0.340 e. The van der Waals surface area contributed by atoms with Crippen LogP contribution in [0.1, 0.15) is 63.7 Å². The first kappa shape index (κ1) is 36.1. The molecule has 56 heavy (non-hydrogen) atoms. The maximum atomic E-state index is 15.8. The van der Waals surface area contributed by atoms with Crippen molar-refractivity contribution in [2.24, 2.45) is 0 Å². The largest absolute Gasteiger partial charge is 0.340 e. The highest BCUT2D eigenvalue weighted by molar-refractivity contribution is 6.06. The van der Waals surface area contributed by atoms with Crippen LogP contribution in [-0.2, 0) is 12.0 Å². The number of pyridine rings is 1. The highest BCUT2D eigenvalue weighted by atomic mass is 19.1. The molecule has 0 aliphatic rings. The van der Waals surface area contributed by atoms with Crippen molar-refractivity contribution < 1.29 is 14.0 Å². The van der Waals surface area contributed by atoms with Crippen molar-refractivity contribution in [2.75, 3.05) is 0 Å². The molecule has 8 rings (SSSR count). The molecule has 8 heteroatoms. The molecule has 0 saturated carbocycles. The lowest BCUT2D eigenvalue weighted by Crippen LogP contribution is -2.50. The van der Waals surface area contributed by atoms with Gasteiger partial charge >= 0.3 is 0 Å². The number of ketones is 1. The van der Waals surface area contributed by atoms with Gasteiger partial charge in [0.2, 0.25) is 0 Å². The van der Waals surface area contributed by atoms with Crippen LogP contribution in [0.3, 0.4) is 0 Å². The van der Waals surface area contributed by atoms with Crippen LogP contribution < -0.4 is 5.32 Å². The molecule has 0 saturated heterocycles. The Kier molecular flexibility index (Phi) is 9.48. The minimum absolute atomic E-state index is 0.156. The summed E-state index contributed by atoms with van der Waals surface area (Å²) in [5.74, 6) is -1.64. The fourth-order valence-corrected chi connectivity index (χ4v) is 7.47. The smallest absolute Gasteiger partial charge is 0.255 e. The number of carbonyl (C=O) groups excluding carboxylic acids is 2. The zero-order valence-electron chi connectivity index (χ0n) is 31.4. The molecule has 0 radical (unpaired) electrons. The van der Waals surface area contributed by atoms with Crippen molar-refractivity contribution in [1.29, 1.82) is 0 Å². The zero-order chi connectivity index (χ0) is 38.9. The lowest BCUT2D eigenvalue weighted by molar-refractivity contribution is 0.0796. The number of aryl methyl sites for hydroxylation is 1. The number of amides is 1. The fourth-order valence-electron chi connectivity index (χ4n) is 7.47. The van der Waals surface area contributed by atoms with Crippen LogP contribution in [0.4, 0.5) is 4.39 Å². The summed E-state index contributed by atoms with van der Waals surface area (Å²) in [4.78, 5) is 31.2. The van der Waals surface area contributed by atoms with Crippen LogP contribution in [0.15, 0.2) is 170 Å². The lowest BCUT2D eigenvalue weighted by atomic mass is 9.77. The molecule has 7 nitrogen and oxygen atoms in total. The van der Waals surface area contributed by atoms with E-state index in [0.29, 0.717) is 22.5 Å². The van der Waals surface area contributed by atoms with E-state index in [9.17, 15) is 9.59 Å². The van der Waals surface area contributed by atoms with Gasteiger partial charge in [-0.2, -0.15) is 5.10 Å². The number of imidazole rings is 1. The van der Waals surface area contributed by atoms with Gasteiger partial charge in [0, 0.05) is 34.6 Å². The quantitative estimate of drug-likeness (QED) is 0.106.